The highest BCUT2D eigenvalue weighted by Gasteiger charge is 1.98. The number of aliphatic hydroxyl groups is 1. The monoisotopic (exact) mass is 201 g/mol. The number of anilines is 1. The lowest BCUT2D eigenvalue weighted by molar-refractivity contribution is 0.282. The van der Waals surface area contributed by atoms with Gasteiger partial charge in [-0.3, -0.25) is 0 Å². The van der Waals surface area contributed by atoms with Gasteiger partial charge in [0, 0.05) is 10.0 Å². The molecule has 0 saturated heterocycles. The first-order valence-electron chi connectivity index (χ1n) is 2.89. The van der Waals surface area contributed by atoms with Crippen LogP contribution in [0.2, 0.25) is 0 Å². The number of halogens is 1. The van der Waals surface area contributed by atoms with Gasteiger partial charge in [0.25, 0.3) is 0 Å². The predicted molar refractivity (Wildman–Crippen MR) is 44.5 cm³/mol. The molecule has 3 heteroatoms. The van der Waals surface area contributed by atoms with E-state index in [1.807, 2.05) is 12.1 Å². The standard InChI is InChI=1S/C7H8BrNO/c8-6-3-1-2-5(4-10)7(6)9/h1-3,10H,4,9H2. The number of nitrogen functional groups attached to an aromatic ring is 1. The van der Waals surface area contributed by atoms with Crippen molar-refractivity contribution < 1.29 is 5.11 Å². The molecule has 0 aliphatic carbocycles. The van der Waals surface area contributed by atoms with Crippen LogP contribution in [0.25, 0.3) is 0 Å². The summed E-state index contributed by atoms with van der Waals surface area (Å²) in [5, 5.41) is 8.74. The first-order chi connectivity index (χ1) is 4.75. The van der Waals surface area contributed by atoms with Gasteiger partial charge in [-0.2, -0.15) is 0 Å². The minimum atomic E-state index is -0.00866. The Bertz CT molecular complexity index is 237. The zero-order valence-electron chi connectivity index (χ0n) is 5.34. The Morgan fingerprint density at radius 3 is 2.70 bits per heavy atom. The minimum Gasteiger partial charge on any atom is -0.398 e. The number of hydrogen-bond acceptors (Lipinski definition) is 2. The molecule has 0 atom stereocenters. The van der Waals surface area contributed by atoms with Crippen LogP contribution in [0.1, 0.15) is 5.56 Å². The van der Waals surface area contributed by atoms with Crippen molar-refractivity contribution in [2.24, 2.45) is 0 Å². The summed E-state index contributed by atoms with van der Waals surface area (Å²) in [7, 11) is 0. The van der Waals surface area contributed by atoms with Crippen molar-refractivity contribution in [3.63, 3.8) is 0 Å². The van der Waals surface area contributed by atoms with Crippen LogP contribution in [0.3, 0.4) is 0 Å². The van der Waals surface area contributed by atoms with Gasteiger partial charge >= 0.3 is 0 Å². The molecule has 0 aromatic heterocycles. The molecule has 0 saturated carbocycles. The lowest BCUT2D eigenvalue weighted by Crippen LogP contribution is -1.94. The summed E-state index contributed by atoms with van der Waals surface area (Å²) in [5.74, 6) is 0. The summed E-state index contributed by atoms with van der Waals surface area (Å²) in [5.41, 5.74) is 6.96. The average molecular weight is 202 g/mol. The van der Waals surface area contributed by atoms with Crippen molar-refractivity contribution in [2.75, 3.05) is 5.73 Å². The second-order valence-electron chi connectivity index (χ2n) is 1.97. The van der Waals surface area contributed by atoms with Crippen molar-refractivity contribution in [2.45, 2.75) is 6.61 Å². The molecule has 0 aliphatic heterocycles. The minimum absolute atomic E-state index is 0.00866. The fourth-order valence-electron chi connectivity index (χ4n) is 0.720. The molecule has 0 heterocycles. The zero-order chi connectivity index (χ0) is 7.56. The topological polar surface area (TPSA) is 46.2 Å². The molecule has 0 spiro atoms. The van der Waals surface area contributed by atoms with E-state index in [0.29, 0.717) is 5.69 Å². The molecular formula is C7H8BrNO. The van der Waals surface area contributed by atoms with Crippen molar-refractivity contribution >= 4 is 21.6 Å². The quantitative estimate of drug-likeness (QED) is 0.678. The van der Waals surface area contributed by atoms with Gasteiger partial charge in [-0.1, -0.05) is 12.1 Å². The van der Waals surface area contributed by atoms with Crippen LogP contribution in [-0.4, -0.2) is 5.11 Å². The highest BCUT2D eigenvalue weighted by atomic mass is 79.9. The van der Waals surface area contributed by atoms with Gasteiger partial charge in [0.2, 0.25) is 0 Å². The SMILES string of the molecule is Nc1c(Br)cccc1CO. The molecule has 1 aromatic rings. The molecule has 0 bridgehead atoms. The van der Waals surface area contributed by atoms with Crippen LogP contribution in [0, 0.1) is 0 Å². The lowest BCUT2D eigenvalue weighted by Gasteiger charge is -2.02. The molecule has 3 N–H and O–H groups in total. The van der Waals surface area contributed by atoms with E-state index in [4.69, 9.17) is 10.8 Å². The Hall–Kier alpha value is -0.540. The maximum Gasteiger partial charge on any atom is 0.0702 e. The van der Waals surface area contributed by atoms with E-state index in [1.165, 1.54) is 0 Å². The van der Waals surface area contributed by atoms with Crippen LogP contribution in [-0.2, 0) is 6.61 Å². The summed E-state index contributed by atoms with van der Waals surface area (Å²) in [6, 6.07) is 5.47. The normalized spacial score (nSPS) is 9.80. The third-order valence-corrected chi connectivity index (χ3v) is 2.01. The third kappa shape index (κ3) is 1.30. The highest BCUT2D eigenvalue weighted by Crippen LogP contribution is 2.22. The summed E-state index contributed by atoms with van der Waals surface area (Å²) >= 11 is 3.25. The number of para-hydroxylation sites is 1. The average Bonchev–Trinajstić information content (AvgIpc) is 1.95. The predicted octanol–water partition coefficient (Wildman–Crippen LogP) is 1.52. The zero-order valence-corrected chi connectivity index (χ0v) is 6.93. The van der Waals surface area contributed by atoms with Gasteiger partial charge in [-0.25, -0.2) is 0 Å². The molecule has 0 unspecified atom stereocenters. The Morgan fingerprint density at radius 2 is 2.20 bits per heavy atom. The van der Waals surface area contributed by atoms with Gasteiger partial charge in [0.15, 0.2) is 0 Å². The van der Waals surface area contributed by atoms with Crippen molar-refractivity contribution in [1.82, 2.24) is 0 Å². The molecular weight excluding hydrogens is 194 g/mol. The molecule has 1 aromatic carbocycles. The van der Waals surface area contributed by atoms with Crippen LogP contribution >= 0.6 is 15.9 Å². The third-order valence-electron chi connectivity index (χ3n) is 1.31. The van der Waals surface area contributed by atoms with E-state index >= 15 is 0 Å². The number of rotatable bonds is 1. The van der Waals surface area contributed by atoms with Gasteiger partial charge in [-0.05, 0) is 22.0 Å². The molecule has 0 radical (unpaired) electrons. The van der Waals surface area contributed by atoms with E-state index < -0.39 is 0 Å². The van der Waals surface area contributed by atoms with Gasteiger partial charge < -0.3 is 10.8 Å². The molecule has 10 heavy (non-hydrogen) atoms. The Morgan fingerprint density at radius 1 is 1.50 bits per heavy atom. The van der Waals surface area contributed by atoms with Crippen molar-refractivity contribution in [1.29, 1.82) is 0 Å². The second kappa shape index (κ2) is 3.03. The number of hydrogen-bond donors (Lipinski definition) is 2. The van der Waals surface area contributed by atoms with Gasteiger partial charge in [0.05, 0.1) is 12.3 Å². The van der Waals surface area contributed by atoms with E-state index in [2.05, 4.69) is 15.9 Å². The van der Waals surface area contributed by atoms with Gasteiger partial charge in [0.1, 0.15) is 0 Å². The van der Waals surface area contributed by atoms with Crippen LogP contribution < -0.4 is 5.73 Å². The molecule has 0 amide bonds. The van der Waals surface area contributed by atoms with Crippen LogP contribution in [0.4, 0.5) is 5.69 Å². The molecule has 0 aliphatic rings. The van der Waals surface area contributed by atoms with Gasteiger partial charge in [-0.15, -0.1) is 0 Å². The van der Waals surface area contributed by atoms with E-state index in [9.17, 15) is 0 Å². The highest BCUT2D eigenvalue weighted by molar-refractivity contribution is 9.10. The summed E-state index contributed by atoms with van der Waals surface area (Å²) in [6.45, 7) is -0.00866. The van der Waals surface area contributed by atoms with Crippen molar-refractivity contribution in [3.05, 3.63) is 28.2 Å². The van der Waals surface area contributed by atoms with E-state index in [0.717, 1.165) is 10.0 Å². The fourth-order valence-corrected chi connectivity index (χ4v) is 1.13. The molecule has 1 rings (SSSR count). The number of benzene rings is 1. The summed E-state index contributed by atoms with van der Waals surface area (Å²) < 4.78 is 0.832. The van der Waals surface area contributed by atoms with Crippen LogP contribution in [0.15, 0.2) is 22.7 Å². The first-order valence-corrected chi connectivity index (χ1v) is 3.68. The summed E-state index contributed by atoms with van der Waals surface area (Å²) in [4.78, 5) is 0. The van der Waals surface area contributed by atoms with Crippen molar-refractivity contribution in [3.8, 4) is 0 Å². The van der Waals surface area contributed by atoms with E-state index in [-0.39, 0.29) is 6.61 Å². The number of aliphatic hydroxyl groups excluding tert-OH is 1. The largest absolute Gasteiger partial charge is 0.398 e. The fraction of sp³-hybridized carbons (Fsp3) is 0.143. The summed E-state index contributed by atoms with van der Waals surface area (Å²) in [6.07, 6.45) is 0. The molecule has 2 nitrogen and oxygen atoms in total. The Balaban J connectivity index is 3.14. The van der Waals surface area contributed by atoms with E-state index in [1.54, 1.807) is 6.07 Å². The Labute approximate surface area is 67.8 Å². The second-order valence-corrected chi connectivity index (χ2v) is 2.83. The number of nitrogens with two attached hydrogens (primary N) is 1. The van der Waals surface area contributed by atoms with Crippen LogP contribution in [0.5, 0.6) is 0 Å². The Kier molecular flexibility index (Phi) is 2.29. The maximum atomic E-state index is 8.74. The lowest BCUT2D eigenvalue weighted by atomic mass is 10.2. The molecule has 0 fully saturated rings. The maximum absolute atomic E-state index is 8.74. The first kappa shape index (κ1) is 7.57. The molecule has 54 valence electrons. The smallest absolute Gasteiger partial charge is 0.0702 e.